The van der Waals surface area contributed by atoms with Crippen molar-refractivity contribution in [2.75, 3.05) is 47.0 Å². The summed E-state index contributed by atoms with van der Waals surface area (Å²) in [6, 6.07) is 3.79. The molecule has 1 aliphatic rings. The van der Waals surface area contributed by atoms with Crippen LogP contribution in [0.4, 0.5) is 0 Å². The largest absolute Gasteiger partial charge is 0.493 e. The van der Waals surface area contributed by atoms with Crippen molar-refractivity contribution in [2.45, 2.75) is 6.04 Å². The Morgan fingerprint density at radius 2 is 1.81 bits per heavy atom. The van der Waals surface area contributed by atoms with E-state index in [0.29, 0.717) is 11.5 Å². The molecular formula is C14H22BrClN2O3. The SMILES string of the molecule is COc1cc(Br)c([C@H](CO)N2CCNCC2)cc1OC.Cl. The highest BCUT2D eigenvalue weighted by atomic mass is 79.9. The van der Waals surface area contributed by atoms with E-state index in [1.54, 1.807) is 14.2 Å². The number of hydrogen-bond acceptors (Lipinski definition) is 5. The molecule has 1 aromatic carbocycles. The van der Waals surface area contributed by atoms with E-state index in [9.17, 15) is 5.11 Å². The van der Waals surface area contributed by atoms with Gasteiger partial charge in [-0.3, -0.25) is 4.90 Å². The zero-order chi connectivity index (χ0) is 14.5. The molecule has 0 spiro atoms. The molecule has 1 fully saturated rings. The average molecular weight is 382 g/mol. The monoisotopic (exact) mass is 380 g/mol. The van der Waals surface area contributed by atoms with Crippen molar-refractivity contribution in [3.63, 3.8) is 0 Å². The number of ether oxygens (including phenoxy) is 2. The molecule has 1 aliphatic heterocycles. The van der Waals surface area contributed by atoms with E-state index in [1.165, 1.54) is 0 Å². The van der Waals surface area contributed by atoms with E-state index < -0.39 is 0 Å². The molecule has 2 rings (SSSR count). The molecule has 1 atom stereocenters. The fourth-order valence-electron chi connectivity index (χ4n) is 2.53. The molecule has 0 aromatic heterocycles. The van der Waals surface area contributed by atoms with E-state index in [0.717, 1.165) is 36.2 Å². The number of halogens is 2. The second-order valence-electron chi connectivity index (χ2n) is 4.71. The van der Waals surface area contributed by atoms with Crippen molar-refractivity contribution in [1.82, 2.24) is 10.2 Å². The molecule has 0 unspecified atom stereocenters. The van der Waals surface area contributed by atoms with Crippen LogP contribution in [0.3, 0.4) is 0 Å². The predicted molar refractivity (Wildman–Crippen MR) is 88.8 cm³/mol. The van der Waals surface area contributed by atoms with Gasteiger partial charge in [-0.2, -0.15) is 0 Å². The first-order chi connectivity index (χ1) is 9.71. The maximum absolute atomic E-state index is 9.79. The average Bonchev–Trinajstić information content (AvgIpc) is 2.50. The fraction of sp³-hybridized carbons (Fsp3) is 0.571. The van der Waals surface area contributed by atoms with Crippen LogP contribution in [-0.2, 0) is 0 Å². The van der Waals surface area contributed by atoms with Gasteiger partial charge in [0.25, 0.3) is 0 Å². The fourth-order valence-corrected chi connectivity index (χ4v) is 3.12. The Morgan fingerprint density at radius 3 is 2.33 bits per heavy atom. The van der Waals surface area contributed by atoms with Crippen molar-refractivity contribution in [1.29, 1.82) is 0 Å². The zero-order valence-corrected chi connectivity index (χ0v) is 14.7. The van der Waals surface area contributed by atoms with Crippen LogP contribution in [0.15, 0.2) is 16.6 Å². The van der Waals surface area contributed by atoms with Gasteiger partial charge in [0, 0.05) is 30.7 Å². The molecule has 0 bridgehead atoms. The van der Waals surface area contributed by atoms with Crippen molar-refractivity contribution in [2.24, 2.45) is 0 Å². The van der Waals surface area contributed by atoms with Crippen LogP contribution in [0.5, 0.6) is 11.5 Å². The molecule has 2 N–H and O–H groups in total. The Bertz CT molecular complexity index is 456. The summed E-state index contributed by atoms with van der Waals surface area (Å²) in [5, 5.41) is 13.1. The van der Waals surface area contributed by atoms with Crippen molar-refractivity contribution in [3.8, 4) is 11.5 Å². The number of benzene rings is 1. The third kappa shape index (κ3) is 4.23. The smallest absolute Gasteiger partial charge is 0.161 e. The number of aliphatic hydroxyl groups excluding tert-OH is 1. The second-order valence-corrected chi connectivity index (χ2v) is 5.57. The van der Waals surface area contributed by atoms with E-state index in [1.807, 2.05) is 12.1 Å². The molecule has 0 saturated carbocycles. The van der Waals surface area contributed by atoms with Crippen LogP contribution >= 0.6 is 28.3 Å². The van der Waals surface area contributed by atoms with Crippen LogP contribution in [0.1, 0.15) is 11.6 Å². The van der Waals surface area contributed by atoms with Gasteiger partial charge in [0.1, 0.15) is 0 Å². The number of aliphatic hydroxyl groups is 1. The first-order valence-corrected chi connectivity index (χ1v) is 7.47. The minimum absolute atomic E-state index is 0. The number of hydrogen-bond donors (Lipinski definition) is 2. The number of nitrogens with one attached hydrogen (secondary N) is 1. The summed E-state index contributed by atoms with van der Waals surface area (Å²) in [4.78, 5) is 2.28. The van der Waals surface area contributed by atoms with Gasteiger partial charge in [0.05, 0.1) is 26.9 Å². The summed E-state index contributed by atoms with van der Waals surface area (Å²) >= 11 is 3.57. The van der Waals surface area contributed by atoms with Crippen molar-refractivity contribution >= 4 is 28.3 Å². The summed E-state index contributed by atoms with van der Waals surface area (Å²) < 4.78 is 11.6. The van der Waals surface area contributed by atoms with Gasteiger partial charge >= 0.3 is 0 Å². The summed E-state index contributed by atoms with van der Waals surface area (Å²) in [7, 11) is 3.23. The molecular weight excluding hydrogens is 360 g/mol. The topological polar surface area (TPSA) is 54.0 Å². The molecule has 7 heteroatoms. The standard InChI is InChI=1S/C14H21BrN2O3.ClH/c1-19-13-7-10(11(15)8-14(13)20-2)12(9-18)17-5-3-16-4-6-17;/h7-8,12,16,18H,3-6,9H2,1-2H3;1H/t12-;/m0./s1. The molecule has 0 amide bonds. The molecule has 1 saturated heterocycles. The molecule has 5 nitrogen and oxygen atoms in total. The Balaban J connectivity index is 0.00000220. The van der Waals surface area contributed by atoms with Gasteiger partial charge in [-0.1, -0.05) is 15.9 Å². The van der Waals surface area contributed by atoms with Gasteiger partial charge in [-0.05, 0) is 17.7 Å². The van der Waals surface area contributed by atoms with Crippen LogP contribution in [0.2, 0.25) is 0 Å². The summed E-state index contributed by atoms with van der Waals surface area (Å²) in [6.45, 7) is 3.81. The van der Waals surface area contributed by atoms with E-state index in [4.69, 9.17) is 9.47 Å². The minimum Gasteiger partial charge on any atom is -0.493 e. The van der Waals surface area contributed by atoms with Gasteiger partial charge in [0.2, 0.25) is 0 Å². The van der Waals surface area contributed by atoms with Crippen molar-refractivity contribution < 1.29 is 14.6 Å². The highest BCUT2D eigenvalue weighted by Gasteiger charge is 2.24. The Morgan fingerprint density at radius 1 is 1.24 bits per heavy atom. The lowest BCUT2D eigenvalue weighted by atomic mass is 10.0. The molecule has 1 heterocycles. The first kappa shape index (κ1) is 18.5. The first-order valence-electron chi connectivity index (χ1n) is 6.68. The van der Waals surface area contributed by atoms with Crippen LogP contribution in [0.25, 0.3) is 0 Å². The molecule has 21 heavy (non-hydrogen) atoms. The number of rotatable bonds is 5. The van der Waals surface area contributed by atoms with Crippen molar-refractivity contribution in [3.05, 3.63) is 22.2 Å². The van der Waals surface area contributed by atoms with Gasteiger partial charge in [-0.25, -0.2) is 0 Å². The highest BCUT2D eigenvalue weighted by molar-refractivity contribution is 9.10. The van der Waals surface area contributed by atoms with E-state index in [2.05, 4.69) is 26.1 Å². The van der Waals surface area contributed by atoms with E-state index >= 15 is 0 Å². The number of methoxy groups -OCH3 is 2. The summed E-state index contributed by atoms with van der Waals surface area (Å²) in [5.74, 6) is 1.36. The Hall–Kier alpha value is -0.530. The van der Waals surface area contributed by atoms with Crippen LogP contribution in [-0.4, -0.2) is 57.0 Å². The highest BCUT2D eigenvalue weighted by Crippen LogP contribution is 2.37. The predicted octanol–water partition coefficient (Wildman–Crippen LogP) is 1.83. The summed E-state index contributed by atoms with van der Waals surface area (Å²) in [5.41, 5.74) is 1.02. The Labute approximate surface area is 140 Å². The maximum Gasteiger partial charge on any atom is 0.161 e. The van der Waals surface area contributed by atoms with Crippen LogP contribution < -0.4 is 14.8 Å². The lowest BCUT2D eigenvalue weighted by molar-refractivity contribution is 0.110. The maximum atomic E-state index is 9.79. The van der Waals surface area contributed by atoms with Crippen LogP contribution in [0, 0.1) is 0 Å². The van der Waals surface area contributed by atoms with Gasteiger partial charge in [0.15, 0.2) is 11.5 Å². The minimum atomic E-state index is -0.0359. The lowest BCUT2D eigenvalue weighted by Crippen LogP contribution is -2.46. The molecule has 120 valence electrons. The Kier molecular flexibility index (Phi) is 7.76. The zero-order valence-electron chi connectivity index (χ0n) is 12.3. The number of nitrogens with zero attached hydrogens (tertiary/aromatic N) is 1. The molecule has 1 aromatic rings. The van der Waals surface area contributed by atoms with Gasteiger partial charge < -0.3 is 19.9 Å². The van der Waals surface area contributed by atoms with E-state index in [-0.39, 0.29) is 25.1 Å². The quantitative estimate of drug-likeness (QED) is 0.815. The lowest BCUT2D eigenvalue weighted by Gasteiger charge is -2.34. The third-order valence-electron chi connectivity index (χ3n) is 3.63. The normalized spacial score (nSPS) is 17.0. The van der Waals surface area contributed by atoms with Gasteiger partial charge in [-0.15, -0.1) is 12.4 Å². The number of piperazine rings is 1. The third-order valence-corrected chi connectivity index (χ3v) is 4.31. The molecule has 0 radical (unpaired) electrons. The molecule has 0 aliphatic carbocycles. The summed E-state index contributed by atoms with van der Waals surface area (Å²) in [6.07, 6.45) is 0. The second kappa shape index (κ2) is 8.80.